The van der Waals surface area contributed by atoms with Crippen LogP contribution < -0.4 is 16.6 Å². The van der Waals surface area contributed by atoms with Gasteiger partial charge in [0, 0.05) is 11.6 Å². The molecule has 1 aromatic carbocycles. The molecule has 100 valence electrons. The highest BCUT2D eigenvalue weighted by atomic mass is 16.1. The summed E-state index contributed by atoms with van der Waals surface area (Å²) in [4.78, 5) is 12.1. The Hall–Kier alpha value is -1.55. The van der Waals surface area contributed by atoms with Gasteiger partial charge in [0.2, 0.25) is 0 Å². The van der Waals surface area contributed by atoms with Gasteiger partial charge in [0.1, 0.15) is 0 Å². The maximum Gasteiger partial charge on any atom is 0.251 e. The van der Waals surface area contributed by atoms with Crippen LogP contribution in [0.4, 0.5) is 5.69 Å². The number of carbonyl (C=O) groups excluding carboxylic acids is 1. The van der Waals surface area contributed by atoms with Crippen LogP contribution in [0.1, 0.15) is 49.0 Å². The van der Waals surface area contributed by atoms with Crippen molar-refractivity contribution in [1.29, 1.82) is 0 Å². The number of hydrazine groups is 1. The quantitative estimate of drug-likeness (QED) is 0.536. The standard InChI is InChI=1S/C14H23N3O/c1-4-6-12(5-2)16-14(18)11-7-8-13(17-15)10(3)9-11/h7-9,12,17H,4-6,15H2,1-3H3,(H,16,18). The molecule has 0 aliphatic carbocycles. The number of hydrogen-bond donors (Lipinski definition) is 3. The number of nitrogen functional groups attached to an aromatic ring is 1. The van der Waals surface area contributed by atoms with Crippen LogP contribution in [-0.2, 0) is 0 Å². The summed E-state index contributed by atoms with van der Waals surface area (Å²) in [5.74, 6) is 5.36. The van der Waals surface area contributed by atoms with Crippen molar-refractivity contribution in [3.63, 3.8) is 0 Å². The average Bonchev–Trinajstić information content (AvgIpc) is 2.37. The van der Waals surface area contributed by atoms with Crippen molar-refractivity contribution in [2.24, 2.45) is 5.84 Å². The fourth-order valence-corrected chi connectivity index (χ4v) is 1.96. The van der Waals surface area contributed by atoms with Gasteiger partial charge in [-0.15, -0.1) is 0 Å². The van der Waals surface area contributed by atoms with E-state index in [1.807, 2.05) is 19.1 Å². The number of hydrogen-bond acceptors (Lipinski definition) is 3. The number of nitrogens with one attached hydrogen (secondary N) is 2. The van der Waals surface area contributed by atoms with Crippen LogP contribution in [0.25, 0.3) is 0 Å². The third kappa shape index (κ3) is 3.74. The van der Waals surface area contributed by atoms with Crippen LogP contribution in [0.3, 0.4) is 0 Å². The van der Waals surface area contributed by atoms with Crippen LogP contribution in [0.2, 0.25) is 0 Å². The zero-order valence-corrected chi connectivity index (χ0v) is 11.4. The van der Waals surface area contributed by atoms with Gasteiger partial charge in [-0.25, -0.2) is 0 Å². The molecule has 0 aliphatic heterocycles. The van der Waals surface area contributed by atoms with E-state index in [0.29, 0.717) is 5.56 Å². The number of rotatable bonds is 6. The third-order valence-corrected chi connectivity index (χ3v) is 3.11. The van der Waals surface area contributed by atoms with Crippen molar-refractivity contribution in [1.82, 2.24) is 5.32 Å². The van der Waals surface area contributed by atoms with Crippen molar-refractivity contribution in [3.8, 4) is 0 Å². The normalized spacial score (nSPS) is 12.0. The summed E-state index contributed by atoms with van der Waals surface area (Å²) in [6, 6.07) is 5.72. The highest BCUT2D eigenvalue weighted by Gasteiger charge is 2.12. The van der Waals surface area contributed by atoms with Gasteiger partial charge >= 0.3 is 0 Å². The van der Waals surface area contributed by atoms with E-state index in [1.165, 1.54) is 0 Å². The van der Waals surface area contributed by atoms with Crippen LogP contribution >= 0.6 is 0 Å². The van der Waals surface area contributed by atoms with Crippen molar-refractivity contribution in [3.05, 3.63) is 29.3 Å². The lowest BCUT2D eigenvalue weighted by Gasteiger charge is -2.16. The first-order valence-corrected chi connectivity index (χ1v) is 6.50. The molecule has 0 heterocycles. The van der Waals surface area contributed by atoms with Crippen molar-refractivity contribution >= 4 is 11.6 Å². The van der Waals surface area contributed by atoms with E-state index < -0.39 is 0 Å². The van der Waals surface area contributed by atoms with E-state index >= 15 is 0 Å². The van der Waals surface area contributed by atoms with Gasteiger partial charge in [0.15, 0.2) is 0 Å². The summed E-state index contributed by atoms with van der Waals surface area (Å²) >= 11 is 0. The first kappa shape index (κ1) is 14.5. The minimum atomic E-state index is -0.0121. The summed E-state index contributed by atoms with van der Waals surface area (Å²) < 4.78 is 0. The Morgan fingerprint density at radius 3 is 2.61 bits per heavy atom. The molecular weight excluding hydrogens is 226 g/mol. The Balaban J connectivity index is 2.74. The van der Waals surface area contributed by atoms with Crippen molar-refractivity contribution < 1.29 is 4.79 Å². The van der Waals surface area contributed by atoms with Gasteiger partial charge < -0.3 is 10.7 Å². The van der Waals surface area contributed by atoms with E-state index in [4.69, 9.17) is 5.84 Å². The van der Waals surface area contributed by atoms with Gasteiger partial charge in [-0.3, -0.25) is 10.6 Å². The largest absolute Gasteiger partial charge is 0.349 e. The van der Waals surface area contributed by atoms with E-state index in [2.05, 4.69) is 24.6 Å². The Kier molecular flexibility index (Phi) is 5.65. The lowest BCUT2D eigenvalue weighted by Crippen LogP contribution is -2.34. The molecule has 0 radical (unpaired) electrons. The van der Waals surface area contributed by atoms with E-state index in [0.717, 1.165) is 30.5 Å². The summed E-state index contributed by atoms with van der Waals surface area (Å²) in [6.07, 6.45) is 3.05. The van der Waals surface area contributed by atoms with E-state index in [1.54, 1.807) is 6.07 Å². The van der Waals surface area contributed by atoms with Crippen LogP contribution in [0.5, 0.6) is 0 Å². The third-order valence-electron chi connectivity index (χ3n) is 3.11. The number of aryl methyl sites for hydroxylation is 1. The van der Waals surface area contributed by atoms with Crippen molar-refractivity contribution in [2.45, 2.75) is 46.1 Å². The Labute approximate surface area is 109 Å². The first-order chi connectivity index (χ1) is 8.62. The molecule has 1 amide bonds. The molecule has 0 aliphatic rings. The molecule has 4 N–H and O–H groups in total. The fourth-order valence-electron chi connectivity index (χ4n) is 1.96. The molecule has 0 saturated carbocycles. The predicted octanol–water partition coefficient (Wildman–Crippen LogP) is 2.59. The van der Waals surface area contributed by atoms with Gasteiger partial charge in [0.25, 0.3) is 5.91 Å². The Morgan fingerprint density at radius 2 is 2.11 bits per heavy atom. The van der Waals surface area contributed by atoms with Gasteiger partial charge in [-0.05, 0) is 43.5 Å². The van der Waals surface area contributed by atoms with Gasteiger partial charge in [-0.2, -0.15) is 0 Å². The molecule has 0 saturated heterocycles. The molecule has 4 heteroatoms. The minimum absolute atomic E-state index is 0.0121. The zero-order chi connectivity index (χ0) is 13.5. The number of benzene rings is 1. The maximum atomic E-state index is 12.1. The van der Waals surface area contributed by atoms with Gasteiger partial charge in [-0.1, -0.05) is 20.3 Å². The summed E-state index contributed by atoms with van der Waals surface area (Å²) in [7, 11) is 0. The summed E-state index contributed by atoms with van der Waals surface area (Å²) in [5.41, 5.74) is 5.09. The molecule has 0 bridgehead atoms. The molecule has 0 aromatic heterocycles. The minimum Gasteiger partial charge on any atom is -0.349 e. The topological polar surface area (TPSA) is 67.2 Å². The average molecular weight is 249 g/mol. The molecule has 1 rings (SSSR count). The highest BCUT2D eigenvalue weighted by Crippen LogP contribution is 2.15. The first-order valence-electron chi connectivity index (χ1n) is 6.50. The SMILES string of the molecule is CCCC(CC)NC(=O)c1ccc(NN)c(C)c1. The van der Waals surface area contributed by atoms with E-state index in [-0.39, 0.29) is 11.9 Å². The second-order valence-electron chi connectivity index (χ2n) is 4.54. The summed E-state index contributed by atoms with van der Waals surface area (Å²) in [6.45, 7) is 6.14. The summed E-state index contributed by atoms with van der Waals surface area (Å²) in [5, 5.41) is 3.06. The fraction of sp³-hybridized carbons (Fsp3) is 0.500. The lowest BCUT2D eigenvalue weighted by atomic mass is 10.1. The second kappa shape index (κ2) is 7.01. The number of carbonyl (C=O) groups is 1. The van der Waals surface area contributed by atoms with Crippen LogP contribution in [0, 0.1) is 6.92 Å². The van der Waals surface area contributed by atoms with Crippen LogP contribution in [0.15, 0.2) is 18.2 Å². The van der Waals surface area contributed by atoms with Crippen LogP contribution in [-0.4, -0.2) is 11.9 Å². The molecule has 0 spiro atoms. The maximum absolute atomic E-state index is 12.1. The Morgan fingerprint density at radius 1 is 1.39 bits per heavy atom. The highest BCUT2D eigenvalue weighted by molar-refractivity contribution is 5.95. The van der Waals surface area contributed by atoms with Gasteiger partial charge in [0.05, 0.1) is 5.69 Å². The monoisotopic (exact) mass is 249 g/mol. The molecule has 4 nitrogen and oxygen atoms in total. The number of amides is 1. The lowest BCUT2D eigenvalue weighted by molar-refractivity contribution is 0.0933. The second-order valence-corrected chi connectivity index (χ2v) is 4.54. The molecule has 1 aromatic rings. The van der Waals surface area contributed by atoms with Crippen molar-refractivity contribution in [2.75, 3.05) is 5.43 Å². The molecule has 1 atom stereocenters. The molecule has 0 fully saturated rings. The number of anilines is 1. The molecule has 18 heavy (non-hydrogen) atoms. The van der Waals surface area contributed by atoms with E-state index in [9.17, 15) is 4.79 Å². The zero-order valence-electron chi connectivity index (χ0n) is 11.4. The predicted molar refractivity (Wildman–Crippen MR) is 75.4 cm³/mol. The Bertz CT molecular complexity index is 404. The smallest absolute Gasteiger partial charge is 0.251 e. The number of nitrogens with two attached hydrogens (primary N) is 1. The molecule has 1 unspecified atom stereocenters. The molecular formula is C14H23N3O.